The number of pyridine rings is 1. The third kappa shape index (κ3) is 4.05. The van der Waals surface area contributed by atoms with Crippen LogP contribution in [0.2, 0.25) is 0 Å². The molecule has 0 amide bonds. The fourth-order valence-electron chi connectivity index (χ4n) is 2.82. The number of hydrogen-bond acceptors (Lipinski definition) is 3. The average Bonchev–Trinajstić information content (AvgIpc) is 2.69. The Morgan fingerprint density at radius 1 is 0.769 bits per heavy atom. The van der Waals surface area contributed by atoms with Gasteiger partial charge in [0.1, 0.15) is 5.69 Å². The van der Waals surface area contributed by atoms with Gasteiger partial charge in [-0.15, -0.1) is 0 Å². The molecule has 2 heterocycles. The number of hydrogen-bond donors (Lipinski definition) is 0. The van der Waals surface area contributed by atoms with Crippen molar-refractivity contribution in [3.8, 4) is 22.8 Å². The zero-order valence-corrected chi connectivity index (χ0v) is 16.5. The van der Waals surface area contributed by atoms with Crippen LogP contribution in [-0.4, -0.2) is 15.0 Å². The molecule has 0 aliphatic heterocycles. The summed E-state index contributed by atoms with van der Waals surface area (Å²) in [7, 11) is 0. The van der Waals surface area contributed by atoms with Crippen LogP contribution in [-0.2, 0) is 0 Å². The van der Waals surface area contributed by atoms with Crippen molar-refractivity contribution in [1.82, 2.24) is 15.0 Å². The Labute approximate surface area is 156 Å². The van der Waals surface area contributed by atoms with E-state index < -0.39 is 0 Å². The molecule has 0 unspecified atom stereocenters. The van der Waals surface area contributed by atoms with Crippen molar-refractivity contribution in [1.29, 1.82) is 0 Å². The van der Waals surface area contributed by atoms with Gasteiger partial charge in [0.15, 0.2) is 5.82 Å². The molecule has 0 fully saturated rings. The number of nitrogens with zero attached hydrogens (tertiary/aromatic N) is 3. The van der Waals surface area contributed by atoms with Crippen molar-refractivity contribution in [3.63, 3.8) is 0 Å². The molecule has 0 saturated heterocycles. The molecule has 3 nitrogen and oxygen atoms in total. The van der Waals surface area contributed by atoms with Gasteiger partial charge in [-0.1, -0.05) is 56.3 Å². The number of aromatic nitrogens is 3. The molecule has 134 valence electrons. The van der Waals surface area contributed by atoms with Crippen LogP contribution < -0.4 is 10.6 Å². The summed E-state index contributed by atoms with van der Waals surface area (Å²) in [5, 5.41) is 1.99. The Balaban J connectivity index is 0.00000117. The molecule has 0 aliphatic rings. The molecular weight excluding hydrogens is 318 g/mol. The maximum Gasteiger partial charge on any atom is 0.179 e. The van der Waals surface area contributed by atoms with Crippen molar-refractivity contribution in [3.05, 3.63) is 64.3 Å². The van der Waals surface area contributed by atoms with Crippen LogP contribution >= 0.6 is 0 Å². The quantitative estimate of drug-likeness (QED) is 0.689. The lowest BCUT2D eigenvalue weighted by atomic mass is 10.0. The number of benzene rings is 1. The maximum atomic E-state index is 4.87. The second kappa shape index (κ2) is 9.04. The van der Waals surface area contributed by atoms with E-state index in [2.05, 4.69) is 30.1 Å². The van der Waals surface area contributed by atoms with Gasteiger partial charge >= 0.3 is 0 Å². The van der Waals surface area contributed by atoms with Gasteiger partial charge in [0.2, 0.25) is 0 Å². The summed E-state index contributed by atoms with van der Waals surface area (Å²) in [6.07, 6.45) is 4.10. The van der Waals surface area contributed by atoms with E-state index in [9.17, 15) is 0 Å². The molecule has 3 heteroatoms. The molecule has 0 aliphatic carbocycles. The fraction of sp³-hybridized carbons (Fsp3) is 0.261. The van der Waals surface area contributed by atoms with E-state index >= 15 is 0 Å². The van der Waals surface area contributed by atoms with Gasteiger partial charge in [0.05, 0.1) is 11.0 Å². The first-order valence-corrected chi connectivity index (χ1v) is 9.15. The largest absolute Gasteiger partial charge is 0.250 e. The highest BCUT2D eigenvalue weighted by molar-refractivity contribution is 5.67. The van der Waals surface area contributed by atoms with E-state index in [4.69, 9.17) is 9.97 Å². The van der Waals surface area contributed by atoms with Crippen LogP contribution in [0.3, 0.4) is 0 Å². The first kappa shape index (κ1) is 19.5. The Hall–Kier alpha value is -2.81. The van der Waals surface area contributed by atoms with Crippen LogP contribution in [0.15, 0.2) is 42.5 Å². The molecule has 0 saturated carbocycles. The lowest BCUT2D eigenvalue weighted by molar-refractivity contribution is 1.07. The molecule has 2 aromatic heterocycles. The average molecular weight is 345 g/mol. The summed E-state index contributed by atoms with van der Waals surface area (Å²) in [6.45, 7) is 12.1. The van der Waals surface area contributed by atoms with Crippen LogP contribution in [0.4, 0.5) is 0 Å². The topological polar surface area (TPSA) is 38.7 Å². The summed E-state index contributed by atoms with van der Waals surface area (Å²) < 4.78 is 0. The SMILES string of the molecule is C/C=c1/c(-c2ccccc2C)nc(-c2cccc(C)n2)n/c1=C/C.CC. The molecule has 26 heavy (non-hydrogen) atoms. The first-order valence-electron chi connectivity index (χ1n) is 9.15. The van der Waals surface area contributed by atoms with Gasteiger partial charge < -0.3 is 0 Å². The van der Waals surface area contributed by atoms with Gasteiger partial charge in [0.25, 0.3) is 0 Å². The summed E-state index contributed by atoms with van der Waals surface area (Å²) in [5.74, 6) is 0.663. The minimum Gasteiger partial charge on any atom is -0.250 e. The molecule has 0 atom stereocenters. The van der Waals surface area contributed by atoms with E-state index in [1.54, 1.807) is 0 Å². The summed E-state index contributed by atoms with van der Waals surface area (Å²) in [6, 6.07) is 14.2. The highest BCUT2D eigenvalue weighted by atomic mass is 14.9. The Morgan fingerprint density at radius 2 is 1.50 bits per heavy atom. The molecule has 3 aromatic rings. The van der Waals surface area contributed by atoms with Gasteiger partial charge in [-0.2, -0.15) is 0 Å². The lowest BCUT2D eigenvalue weighted by Gasteiger charge is -2.09. The normalized spacial score (nSPS) is 11.9. The Morgan fingerprint density at radius 3 is 2.12 bits per heavy atom. The summed E-state index contributed by atoms with van der Waals surface area (Å²) >= 11 is 0. The van der Waals surface area contributed by atoms with E-state index in [1.165, 1.54) is 5.56 Å². The van der Waals surface area contributed by atoms with Crippen molar-refractivity contribution in [2.45, 2.75) is 41.5 Å². The third-order valence-electron chi connectivity index (χ3n) is 4.05. The van der Waals surface area contributed by atoms with Crippen LogP contribution in [0.25, 0.3) is 34.9 Å². The van der Waals surface area contributed by atoms with E-state index in [0.29, 0.717) is 5.82 Å². The molecule has 0 N–H and O–H groups in total. The van der Waals surface area contributed by atoms with Crippen LogP contribution in [0, 0.1) is 13.8 Å². The standard InChI is InChI=1S/C21H21N3.C2H6/c1-5-16-18(6-2)23-21(19-13-9-11-15(4)22-19)24-20(16)17-12-8-7-10-14(17)3;1-2/h5-13H,1-4H3;1-2H3/b16-5+,18-6+;. The van der Waals surface area contributed by atoms with Crippen molar-refractivity contribution < 1.29 is 0 Å². The highest BCUT2D eigenvalue weighted by Gasteiger charge is 2.11. The summed E-state index contributed by atoms with van der Waals surface area (Å²) in [5.41, 5.74) is 5.05. The lowest BCUT2D eigenvalue weighted by Crippen LogP contribution is -2.32. The second-order valence-corrected chi connectivity index (χ2v) is 5.75. The molecule has 0 bridgehead atoms. The van der Waals surface area contributed by atoms with Gasteiger partial charge in [0, 0.05) is 16.5 Å². The minimum atomic E-state index is 0.663. The zero-order valence-electron chi connectivity index (χ0n) is 16.5. The predicted molar refractivity (Wildman–Crippen MR) is 111 cm³/mol. The Bertz CT molecular complexity index is 1000. The smallest absolute Gasteiger partial charge is 0.179 e. The molecule has 1 aromatic carbocycles. The molecule has 3 rings (SSSR count). The van der Waals surface area contributed by atoms with Crippen molar-refractivity contribution in [2.24, 2.45) is 0 Å². The second-order valence-electron chi connectivity index (χ2n) is 5.75. The van der Waals surface area contributed by atoms with Crippen LogP contribution in [0.5, 0.6) is 0 Å². The number of rotatable bonds is 2. The molecule has 0 spiro atoms. The monoisotopic (exact) mass is 345 g/mol. The third-order valence-corrected chi connectivity index (χ3v) is 4.05. The first-order chi connectivity index (χ1) is 12.6. The van der Waals surface area contributed by atoms with Gasteiger partial charge in [-0.05, 0) is 45.4 Å². The van der Waals surface area contributed by atoms with Gasteiger partial charge in [-0.25, -0.2) is 15.0 Å². The highest BCUT2D eigenvalue weighted by Crippen LogP contribution is 2.19. The minimum absolute atomic E-state index is 0.663. The van der Waals surface area contributed by atoms with Gasteiger partial charge in [-0.3, -0.25) is 0 Å². The summed E-state index contributed by atoms with van der Waals surface area (Å²) in [4.78, 5) is 14.2. The zero-order chi connectivity index (χ0) is 19.1. The van der Waals surface area contributed by atoms with Crippen molar-refractivity contribution >= 4 is 12.2 Å². The van der Waals surface area contributed by atoms with Crippen LogP contribution in [0.1, 0.15) is 39.0 Å². The molecular formula is C23H27N3. The van der Waals surface area contributed by atoms with E-state index in [0.717, 1.165) is 33.2 Å². The number of aryl methyl sites for hydroxylation is 2. The maximum absolute atomic E-state index is 4.87. The molecule has 0 radical (unpaired) electrons. The Kier molecular flexibility index (Phi) is 6.79. The van der Waals surface area contributed by atoms with E-state index in [1.807, 2.05) is 71.0 Å². The fourth-order valence-corrected chi connectivity index (χ4v) is 2.82. The predicted octanol–water partition coefficient (Wildman–Crippen LogP) is 4.45. The van der Waals surface area contributed by atoms with E-state index in [-0.39, 0.29) is 0 Å². The van der Waals surface area contributed by atoms with Crippen molar-refractivity contribution in [2.75, 3.05) is 0 Å².